The summed E-state index contributed by atoms with van der Waals surface area (Å²) in [5.74, 6) is 0.594. The number of hydrogen-bond donors (Lipinski definition) is 1. The summed E-state index contributed by atoms with van der Waals surface area (Å²) in [5, 5.41) is 4.13. The maximum atomic E-state index is 11.9. The lowest BCUT2D eigenvalue weighted by molar-refractivity contribution is -0.126. The number of halogens is 1. The molecule has 0 aromatic carbocycles. The smallest absolute Gasteiger partial charge is 0.144 e. The van der Waals surface area contributed by atoms with Crippen LogP contribution in [0.5, 0.6) is 0 Å². The fraction of sp³-hybridized carbons (Fsp3) is 0.800. The van der Waals surface area contributed by atoms with Gasteiger partial charge < -0.3 is 5.43 Å². The Hall–Kier alpha value is -0.570. The van der Waals surface area contributed by atoms with E-state index in [2.05, 4.69) is 24.4 Å². The minimum absolute atomic E-state index is 0.0551. The highest BCUT2D eigenvalue weighted by Gasteiger charge is 2.45. The Morgan fingerprint density at radius 2 is 2.36 bits per heavy atom. The molecule has 0 unspecified atom stereocenters. The van der Waals surface area contributed by atoms with Gasteiger partial charge in [0, 0.05) is 6.42 Å². The van der Waals surface area contributed by atoms with Crippen LogP contribution in [0.15, 0.2) is 5.10 Å². The van der Waals surface area contributed by atoms with Crippen LogP contribution in [0.4, 0.5) is 0 Å². The Labute approximate surface area is 88.9 Å². The van der Waals surface area contributed by atoms with E-state index < -0.39 is 0 Å². The van der Waals surface area contributed by atoms with E-state index in [0.717, 1.165) is 12.1 Å². The van der Waals surface area contributed by atoms with Crippen molar-refractivity contribution in [2.45, 2.75) is 32.7 Å². The molecule has 4 heteroatoms. The van der Waals surface area contributed by atoms with Gasteiger partial charge >= 0.3 is 0 Å². The number of ketones is 1. The van der Waals surface area contributed by atoms with Crippen molar-refractivity contribution in [1.82, 2.24) is 5.43 Å². The summed E-state index contributed by atoms with van der Waals surface area (Å²) in [6, 6.07) is 0.181. The molecule has 2 rings (SSSR count). The number of Topliss-reactive ketones (excluding diaryl/α,β-unsaturated/α-hetero) is 1. The monoisotopic (exact) mass is 214 g/mol. The third kappa shape index (κ3) is 1.54. The van der Waals surface area contributed by atoms with E-state index in [-0.39, 0.29) is 23.2 Å². The van der Waals surface area contributed by atoms with Crippen molar-refractivity contribution in [3.63, 3.8) is 0 Å². The number of carbonyl (C=O) groups is 1. The van der Waals surface area contributed by atoms with Crippen molar-refractivity contribution in [2.24, 2.45) is 16.4 Å². The number of carbonyl (C=O) groups excluding carboxylic acids is 1. The highest BCUT2D eigenvalue weighted by atomic mass is 35.5. The van der Waals surface area contributed by atoms with Gasteiger partial charge in [-0.3, -0.25) is 4.79 Å². The molecule has 0 aromatic rings. The van der Waals surface area contributed by atoms with Gasteiger partial charge in [0.1, 0.15) is 5.78 Å². The van der Waals surface area contributed by atoms with Crippen molar-refractivity contribution < 1.29 is 4.79 Å². The van der Waals surface area contributed by atoms with E-state index in [1.807, 2.05) is 0 Å². The molecule has 1 saturated carbocycles. The third-order valence-corrected chi connectivity index (χ3v) is 3.32. The van der Waals surface area contributed by atoms with Gasteiger partial charge in [-0.25, -0.2) is 0 Å². The molecule has 1 heterocycles. The van der Waals surface area contributed by atoms with Gasteiger partial charge in [-0.2, -0.15) is 5.10 Å². The van der Waals surface area contributed by atoms with Gasteiger partial charge in [0.2, 0.25) is 0 Å². The lowest BCUT2D eigenvalue weighted by Gasteiger charge is -2.35. The van der Waals surface area contributed by atoms with E-state index in [4.69, 9.17) is 11.6 Å². The first kappa shape index (κ1) is 9.97. The van der Waals surface area contributed by atoms with E-state index in [1.165, 1.54) is 0 Å². The lowest BCUT2D eigenvalue weighted by Crippen LogP contribution is -2.45. The molecule has 14 heavy (non-hydrogen) atoms. The molecule has 0 aromatic heterocycles. The van der Waals surface area contributed by atoms with Crippen molar-refractivity contribution in [3.8, 4) is 0 Å². The van der Waals surface area contributed by atoms with Crippen LogP contribution >= 0.6 is 11.6 Å². The topological polar surface area (TPSA) is 41.5 Å². The summed E-state index contributed by atoms with van der Waals surface area (Å²) in [4.78, 5) is 11.9. The zero-order chi connectivity index (χ0) is 10.3. The molecule has 0 radical (unpaired) electrons. The first-order chi connectivity index (χ1) is 6.53. The number of hydrazone groups is 1. The molecule has 1 aliphatic heterocycles. The van der Waals surface area contributed by atoms with Crippen LogP contribution in [-0.2, 0) is 4.79 Å². The van der Waals surface area contributed by atoms with Crippen LogP contribution < -0.4 is 5.43 Å². The number of rotatable bonds is 1. The zero-order valence-corrected chi connectivity index (χ0v) is 9.27. The van der Waals surface area contributed by atoms with E-state index in [0.29, 0.717) is 12.3 Å². The maximum Gasteiger partial charge on any atom is 0.144 e. The Balaban J connectivity index is 2.20. The van der Waals surface area contributed by atoms with Crippen LogP contribution in [0.25, 0.3) is 0 Å². The Morgan fingerprint density at radius 1 is 1.64 bits per heavy atom. The number of alkyl halides is 1. The van der Waals surface area contributed by atoms with Crippen molar-refractivity contribution in [2.75, 3.05) is 5.88 Å². The average Bonchev–Trinajstić information content (AvgIpc) is 2.44. The summed E-state index contributed by atoms with van der Waals surface area (Å²) < 4.78 is 0. The maximum absolute atomic E-state index is 11.9. The first-order valence-corrected chi connectivity index (χ1v) is 5.47. The van der Waals surface area contributed by atoms with E-state index >= 15 is 0 Å². The molecule has 78 valence electrons. The summed E-state index contributed by atoms with van der Waals surface area (Å²) in [6.07, 6.45) is 1.64. The predicted molar refractivity (Wildman–Crippen MR) is 56.6 cm³/mol. The Bertz CT molecular complexity index is 298. The minimum Gasteiger partial charge on any atom is -0.306 e. The van der Waals surface area contributed by atoms with Crippen molar-refractivity contribution >= 4 is 23.1 Å². The van der Waals surface area contributed by atoms with E-state index in [1.54, 1.807) is 0 Å². The van der Waals surface area contributed by atoms with Crippen LogP contribution in [0.2, 0.25) is 0 Å². The number of hydrogen-bond acceptors (Lipinski definition) is 3. The van der Waals surface area contributed by atoms with Gasteiger partial charge in [-0.15, -0.1) is 11.6 Å². The number of nitrogens with one attached hydrogen (secondary N) is 1. The second-order valence-electron chi connectivity index (χ2n) is 4.96. The predicted octanol–water partition coefficient (Wildman–Crippen LogP) is 1.56. The van der Waals surface area contributed by atoms with Gasteiger partial charge in [0.25, 0.3) is 0 Å². The molecule has 0 saturated heterocycles. The van der Waals surface area contributed by atoms with Crippen molar-refractivity contribution in [3.05, 3.63) is 0 Å². The molecule has 2 aliphatic rings. The summed E-state index contributed by atoms with van der Waals surface area (Å²) >= 11 is 5.74. The van der Waals surface area contributed by atoms with Gasteiger partial charge in [0.05, 0.1) is 23.6 Å². The second-order valence-corrected chi connectivity index (χ2v) is 5.23. The van der Waals surface area contributed by atoms with Crippen LogP contribution in [0, 0.1) is 11.3 Å². The normalized spacial score (nSPS) is 34.8. The van der Waals surface area contributed by atoms with Crippen LogP contribution in [0.3, 0.4) is 0 Å². The highest BCUT2D eigenvalue weighted by Crippen LogP contribution is 2.38. The molecule has 0 bridgehead atoms. The fourth-order valence-electron chi connectivity index (χ4n) is 2.48. The quantitative estimate of drug-likeness (QED) is 0.674. The lowest BCUT2D eigenvalue weighted by atomic mass is 9.69. The molecule has 1 aliphatic carbocycles. The third-order valence-electron chi connectivity index (χ3n) is 3.04. The highest BCUT2D eigenvalue weighted by molar-refractivity contribution is 6.31. The van der Waals surface area contributed by atoms with E-state index in [9.17, 15) is 4.79 Å². The van der Waals surface area contributed by atoms with Gasteiger partial charge in [0.15, 0.2) is 0 Å². The average molecular weight is 215 g/mol. The Morgan fingerprint density at radius 3 is 3.00 bits per heavy atom. The number of nitrogens with zero attached hydrogens (tertiary/aromatic N) is 1. The molecule has 1 fully saturated rings. The molecular formula is C10H15ClN2O. The zero-order valence-electron chi connectivity index (χ0n) is 8.51. The first-order valence-electron chi connectivity index (χ1n) is 4.94. The molecule has 3 nitrogen and oxygen atoms in total. The Kier molecular flexibility index (Phi) is 2.30. The standard InChI is InChI=1S/C10H15ClN2O/c1-10(2)3-6-9(8(14)4-10)7(5-11)13-12-6/h6,9,12H,3-5H2,1-2H3/t6-,9-/m0/s1. The van der Waals surface area contributed by atoms with Crippen molar-refractivity contribution in [1.29, 1.82) is 0 Å². The van der Waals surface area contributed by atoms with Gasteiger partial charge in [-0.05, 0) is 11.8 Å². The molecule has 0 amide bonds. The summed E-state index contributed by atoms with van der Waals surface area (Å²) in [6.45, 7) is 4.25. The minimum atomic E-state index is -0.0551. The fourth-order valence-corrected chi connectivity index (χ4v) is 2.70. The molecule has 0 spiro atoms. The van der Waals surface area contributed by atoms with Crippen LogP contribution in [-0.4, -0.2) is 23.4 Å². The molecule has 1 N–H and O–H groups in total. The van der Waals surface area contributed by atoms with Crippen LogP contribution in [0.1, 0.15) is 26.7 Å². The second kappa shape index (κ2) is 3.23. The van der Waals surface area contributed by atoms with Gasteiger partial charge in [-0.1, -0.05) is 13.8 Å². The summed E-state index contributed by atoms with van der Waals surface area (Å²) in [7, 11) is 0. The SMILES string of the molecule is CC1(C)CC(=O)[C@@H]2C(CCl)=NN[C@H]2C1. The number of fused-ring (bicyclic) bond motifs is 1. The summed E-state index contributed by atoms with van der Waals surface area (Å²) in [5.41, 5.74) is 3.94. The molecule has 2 atom stereocenters. The molecular weight excluding hydrogens is 200 g/mol. The largest absolute Gasteiger partial charge is 0.306 e.